The molecule has 0 bridgehead atoms. The van der Waals surface area contributed by atoms with Crippen molar-refractivity contribution >= 4 is 11.3 Å². The maximum absolute atomic E-state index is 8.57. The summed E-state index contributed by atoms with van der Waals surface area (Å²) < 4.78 is 5.60. The van der Waals surface area contributed by atoms with Crippen LogP contribution in [0.3, 0.4) is 0 Å². The second kappa shape index (κ2) is 6.05. The van der Waals surface area contributed by atoms with Gasteiger partial charge in [0.2, 0.25) is 0 Å². The van der Waals surface area contributed by atoms with Crippen LogP contribution < -0.4 is 0 Å². The molecule has 2 rings (SSSR count). The molecule has 1 saturated carbocycles. The van der Waals surface area contributed by atoms with Crippen molar-refractivity contribution in [3.05, 3.63) is 21.9 Å². The number of hydrogen-bond acceptors (Lipinski definition) is 3. The van der Waals surface area contributed by atoms with Gasteiger partial charge in [0.1, 0.15) is 6.61 Å². The van der Waals surface area contributed by atoms with Gasteiger partial charge in [-0.15, -0.1) is 11.3 Å². The van der Waals surface area contributed by atoms with Crippen LogP contribution in [0.25, 0.3) is 0 Å². The van der Waals surface area contributed by atoms with Crippen LogP contribution in [0.4, 0.5) is 0 Å². The van der Waals surface area contributed by atoms with Crippen LogP contribution in [0.2, 0.25) is 0 Å². The molecule has 0 unspecified atom stereocenters. The molecular formula is C13H16O2S. The van der Waals surface area contributed by atoms with E-state index in [9.17, 15) is 0 Å². The van der Waals surface area contributed by atoms with E-state index in [2.05, 4.69) is 11.8 Å². The van der Waals surface area contributed by atoms with Gasteiger partial charge in [0.05, 0.1) is 6.61 Å². The largest absolute Gasteiger partial charge is 0.384 e. The molecule has 1 N–H and O–H groups in total. The zero-order valence-electron chi connectivity index (χ0n) is 9.24. The summed E-state index contributed by atoms with van der Waals surface area (Å²) in [5.74, 6) is 6.47. The molecular weight excluding hydrogens is 220 g/mol. The van der Waals surface area contributed by atoms with Crippen LogP contribution in [0.5, 0.6) is 0 Å². The summed E-state index contributed by atoms with van der Waals surface area (Å²) in [4.78, 5) is 1.21. The molecule has 16 heavy (non-hydrogen) atoms. The van der Waals surface area contributed by atoms with Crippen molar-refractivity contribution in [2.75, 3.05) is 13.2 Å². The molecule has 1 aromatic rings. The lowest BCUT2D eigenvalue weighted by atomic mass is 10.3. The van der Waals surface area contributed by atoms with Crippen LogP contribution in [-0.2, 0) is 11.3 Å². The van der Waals surface area contributed by atoms with E-state index in [4.69, 9.17) is 9.84 Å². The smallest absolute Gasteiger partial charge is 0.104 e. The third kappa shape index (κ3) is 3.97. The van der Waals surface area contributed by atoms with Crippen LogP contribution >= 0.6 is 11.3 Å². The minimum atomic E-state index is -0.0803. The molecule has 1 aliphatic rings. The molecule has 0 aliphatic heterocycles. The Hall–Kier alpha value is -0.820. The van der Waals surface area contributed by atoms with E-state index in [0.29, 0.717) is 6.61 Å². The Balaban J connectivity index is 1.69. The van der Waals surface area contributed by atoms with Crippen LogP contribution in [0, 0.1) is 17.8 Å². The van der Waals surface area contributed by atoms with E-state index in [1.807, 2.05) is 11.4 Å². The average Bonchev–Trinajstić information content (AvgIpc) is 3.01. The first-order valence-corrected chi connectivity index (χ1v) is 6.51. The second-order valence-corrected chi connectivity index (χ2v) is 5.04. The number of rotatable bonds is 5. The minimum Gasteiger partial charge on any atom is -0.384 e. The van der Waals surface area contributed by atoms with Gasteiger partial charge in [-0.1, -0.05) is 24.7 Å². The summed E-state index contributed by atoms with van der Waals surface area (Å²) in [5.41, 5.74) is 0.972. The lowest BCUT2D eigenvalue weighted by molar-refractivity contribution is 0.117. The van der Waals surface area contributed by atoms with Gasteiger partial charge in [-0.05, 0) is 18.4 Å². The van der Waals surface area contributed by atoms with E-state index in [-0.39, 0.29) is 6.61 Å². The van der Waals surface area contributed by atoms with Crippen molar-refractivity contribution in [3.8, 4) is 11.8 Å². The van der Waals surface area contributed by atoms with Gasteiger partial charge in [0.25, 0.3) is 0 Å². The Morgan fingerprint density at radius 3 is 3.12 bits per heavy atom. The average molecular weight is 236 g/mol. The fraction of sp³-hybridized carbons (Fsp3) is 0.538. The summed E-state index contributed by atoms with van der Waals surface area (Å²) in [6.45, 7) is 1.49. The molecule has 1 fully saturated rings. The summed E-state index contributed by atoms with van der Waals surface area (Å²) in [7, 11) is 0. The Labute approximate surface area is 100 Å². The van der Waals surface area contributed by atoms with Crippen molar-refractivity contribution in [3.63, 3.8) is 0 Å². The third-order valence-electron chi connectivity index (χ3n) is 2.58. The first-order valence-electron chi connectivity index (χ1n) is 5.63. The Kier molecular flexibility index (Phi) is 4.41. The highest BCUT2D eigenvalue weighted by atomic mass is 32.1. The van der Waals surface area contributed by atoms with E-state index in [1.165, 1.54) is 24.1 Å². The predicted octanol–water partition coefficient (Wildman–Crippen LogP) is 2.41. The van der Waals surface area contributed by atoms with Gasteiger partial charge in [-0.2, -0.15) is 0 Å². The molecule has 1 aromatic heterocycles. The molecule has 2 nitrogen and oxygen atoms in total. The molecule has 0 aromatic carbocycles. The summed E-state index contributed by atoms with van der Waals surface area (Å²) in [6, 6.07) is 2.03. The third-order valence-corrected chi connectivity index (χ3v) is 3.49. The quantitative estimate of drug-likeness (QED) is 0.628. The minimum absolute atomic E-state index is 0.0803. The molecule has 0 radical (unpaired) electrons. The highest BCUT2D eigenvalue weighted by Gasteiger charge is 2.20. The standard InChI is InChI=1S/C13H16O2S/c14-6-1-2-12-8-13(16-10-12)9-15-7-5-11-3-4-11/h8,10-11,14H,3-7,9H2. The van der Waals surface area contributed by atoms with Crippen molar-refractivity contribution in [1.82, 2.24) is 0 Å². The summed E-state index contributed by atoms with van der Waals surface area (Å²) in [6.07, 6.45) is 4.00. The van der Waals surface area contributed by atoms with Crippen molar-refractivity contribution < 1.29 is 9.84 Å². The molecule has 3 heteroatoms. The SMILES string of the molecule is OCC#Cc1csc(COCCC2CC2)c1. The van der Waals surface area contributed by atoms with Crippen LogP contribution in [-0.4, -0.2) is 18.3 Å². The van der Waals surface area contributed by atoms with Gasteiger partial charge in [0, 0.05) is 22.4 Å². The molecule has 1 aliphatic carbocycles. The summed E-state index contributed by atoms with van der Waals surface area (Å²) in [5, 5.41) is 10.6. The lowest BCUT2D eigenvalue weighted by Crippen LogP contribution is -1.94. The maximum atomic E-state index is 8.57. The van der Waals surface area contributed by atoms with E-state index < -0.39 is 0 Å². The molecule has 1 heterocycles. The lowest BCUT2D eigenvalue weighted by Gasteiger charge is -2.00. The number of thiophene rings is 1. The monoisotopic (exact) mass is 236 g/mol. The number of ether oxygens (including phenoxy) is 1. The number of aliphatic hydroxyl groups excluding tert-OH is 1. The van der Waals surface area contributed by atoms with Crippen LogP contribution in [0.1, 0.15) is 29.7 Å². The topological polar surface area (TPSA) is 29.5 Å². The van der Waals surface area contributed by atoms with E-state index in [1.54, 1.807) is 11.3 Å². The highest BCUT2D eigenvalue weighted by Crippen LogP contribution is 2.32. The fourth-order valence-electron chi connectivity index (χ4n) is 1.49. The van der Waals surface area contributed by atoms with E-state index >= 15 is 0 Å². The highest BCUT2D eigenvalue weighted by molar-refractivity contribution is 7.10. The maximum Gasteiger partial charge on any atom is 0.104 e. The molecule has 0 atom stereocenters. The normalized spacial score (nSPS) is 14.6. The Morgan fingerprint density at radius 2 is 2.38 bits per heavy atom. The van der Waals surface area contributed by atoms with Crippen molar-refractivity contribution in [2.24, 2.45) is 5.92 Å². The van der Waals surface area contributed by atoms with Crippen molar-refractivity contribution in [1.29, 1.82) is 0 Å². The number of hydrogen-bond donors (Lipinski definition) is 1. The predicted molar refractivity (Wildman–Crippen MR) is 65.3 cm³/mol. The summed E-state index contributed by atoms with van der Waals surface area (Å²) >= 11 is 1.67. The zero-order chi connectivity index (χ0) is 11.2. The van der Waals surface area contributed by atoms with Crippen molar-refractivity contribution in [2.45, 2.75) is 25.9 Å². The van der Waals surface area contributed by atoms with Crippen LogP contribution in [0.15, 0.2) is 11.4 Å². The Bertz CT molecular complexity index is 382. The van der Waals surface area contributed by atoms with Gasteiger partial charge < -0.3 is 9.84 Å². The number of aliphatic hydroxyl groups is 1. The van der Waals surface area contributed by atoms with Gasteiger partial charge >= 0.3 is 0 Å². The zero-order valence-corrected chi connectivity index (χ0v) is 10.1. The first-order chi connectivity index (χ1) is 7.88. The van der Waals surface area contributed by atoms with Gasteiger partial charge in [0.15, 0.2) is 0 Å². The second-order valence-electron chi connectivity index (χ2n) is 4.05. The Morgan fingerprint density at radius 1 is 1.50 bits per heavy atom. The molecule has 86 valence electrons. The fourth-order valence-corrected chi connectivity index (χ4v) is 2.24. The molecule has 0 spiro atoms. The molecule has 0 saturated heterocycles. The first kappa shape index (κ1) is 11.7. The van der Waals surface area contributed by atoms with Gasteiger partial charge in [-0.25, -0.2) is 0 Å². The van der Waals surface area contributed by atoms with Gasteiger partial charge in [-0.3, -0.25) is 0 Å². The van der Waals surface area contributed by atoms with E-state index in [0.717, 1.165) is 18.1 Å². The molecule has 0 amide bonds.